The van der Waals surface area contributed by atoms with Gasteiger partial charge in [0.15, 0.2) is 11.5 Å². The zero-order valence-corrected chi connectivity index (χ0v) is 15.3. The number of methoxy groups -OCH3 is 1. The summed E-state index contributed by atoms with van der Waals surface area (Å²) in [6, 6.07) is 15.8. The molecule has 6 nitrogen and oxygen atoms in total. The van der Waals surface area contributed by atoms with Gasteiger partial charge in [0.25, 0.3) is 0 Å². The van der Waals surface area contributed by atoms with Crippen LogP contribution in [0.3, 0.4) is 0 Å². The van der Waals surface area contributed by atoms with Gasteiger partial charge in [0.2, 0.25) is 11.7 Å². The molecule has 0 saturated carbocycles. The summed E-state index contributed by atoms with van der Waals surface area (Å²) in [6.07, 6.45) is 0. The van der Waals surface area contributed by atoms with Crippen molar-refractivity contribution in [1.29, 1.82) is 0 Å². The van der Waals surface area contributed by atoms with Gasteiger partial charge in [-0.1, -0.05) is 41.6 Å². The van der Waals surface area contributed by atoms with Crippen LogP contribution in [-0.4, -0.2) is 35.8 Å². The van der Waals surface area contributed by atoms with E-state index >= 15 is 0 Å². The molecular formula is C20H23N3O3. The third-order valence-electron chi connectivity index (χ3n) is 3.89. The van der Waals surface area contributed by atoms with Crippen molar-refractivity contribution in [2.24, 2.45) is 0 Å². The molecule has 0 saturated heterocycles. The molecule has 136 valence electrons. The average molecular weight is 353 g/mol. The van der Waals surface area contributed by atoms with Crippen LogP contribution in [0, 0.1) is 0 Å². The SMILES string of the molecule is CCOc1ccc(CN(C)Cc2nc(-c3ccccc3)no2)cc1OC. The fraction of sp³-hybridized carbons (Fsp3) is 0.300. The Hall–Kier alpha value is -2.86. The number of benzene rings is 2. The fourth-order valence-electron chi connectivity index (χ4n) is 2.71. The van der Waals surface area contributed by atoms with Crippen LogP contribution in [-0.2, 0) is 13.1 Å². The molecule has 3 rings (SSSR count). The molecule has 0 bridgehead atoms. The van der Waals surface area contributed by atoms with E-state index in [0.717, 1.165) is 29.2 Å². The predicted molar refractivity (Wildman–Crippen MR) is 99.1 cm³/mol. The maximum Gasteiger partial charge on any atom is 0.241 e. The molecule has 6 heteroatoms. The molecule has 0 unspecified atom stereocenters. The molecule has 0 radical (unpaired) electrons. The third-order valence-corrected chi connectivity index (χ3v) is 3.89. The van der Waals surface area contributed by atoms with Gasteiger partial charge < -0.3 is 14.0 Å². The Morgan fingerprint density at radius 3 is 2.58 bits per heavy atom. The first kappa shape index (κ1) is 17.9. The van der Waals surface area contributed by atoms with E-state index in [1.54, 1.807) is 7.11 Å². The maximum absolute atomic E-state index is 5.56. The Morgan fingerprint density at radius 1 is 1.04 bits per heavy atom. The highest BCUT2D eigenvalue weighted by Gasteiger charge is 2.12. The van der Waals surface area contributed by atoms with Crippen molar-refractivity contribution in [3.05, 3.63) is 60.0 Å². The van der Waals surface area contributed by atoms with E-state index in [0.29, 0.717) is 24.9 Å². The van der Waals surface area contributed by atoms with Crippen molar-refractivity contribution in [2.45, 2.75) is 20.0 Å². The molecule has 0 amide bonds. The van der Waals surface area contributed by atoms with Crippen molar-refractivity contribution in [3.63, 3.8) is 0 Å². The zero-order valence-electron chi connectivity index (χ0n) is 15.3. The molecule has 3 aromatic rings. The molecule has 0 atom stereocenters. The highest BCUT2D eigenvalue weighted by molar-refractivity contribution is 5.53. The number of hydrogen-bond donors (Lipinski definition) is 0. The quantitative estimate of drug-likeness (QED) is 0.614. The van der Waals surface area contributed by atoms with Crippen LogP contribution in [0.25, 0.3) is 11.4 Å². The second-order valence-corrected chi connectivity index (χ2v) is 5.97. The number of aromatic nitrogens is 2. The van der Waals surface area contributed by atoms with Gasteiger partial charge in [-0.25, -0.2) is 0 Å². The van der Waals surface area contributed by atoms with E-state index in [1.807, 2.05) is 62.5 Å². The molecule has 26 heavy (non-hydrogen) atoms. The predicted octanol–water partition coefficient (Wildman–Crippen LogP) is 3.78. The number of ether oxygens (including phenoxy) is 2. The Morgan fingerprint density at radius 2 is 1.85 bits per heavy atom. The zero-order chi connectivity index (χ0) is 18.4. The van der Waals surface area contributed by atoms with Gasteiger partial charge in [-0.2, -0.15) is 4.98 Å². The third kappa shape index (κ3) is 4.40. The van der Waals surface area contributed by atoms with E-state index in [2.05, 4.69) is 15.0 Å². The standard InChI is InChI=1S/C20H23N3O3/c1-4-25-17-11-10-15(12-18(17)24-3)13-23(2)14-19-21-20(22-26-19)16-8-6-5-7-9-16/h5-12H,4,13-14H2,1-3H3. The van der Waals surface area contributed by atoms with E-state index in [-0.39, 0.29) is 0 Å². The summed E-state index contributed by atoms with van der Waals surface area (Å²) in [5, 5.41) is 4.06. The van der Waals surface area contributed by atoms with Crippen molar-refractivity contribution in [2.75, 3.05) is 20.8 Å². The lowest BCUT2D eigenvalue weighted by Gasteiger charge is -2.16. The van der Waals surface area contributed by atoms with Gasteiger partial charge in [-0.05, 0) is 31.7 Å². The van der Waals surface area contributed by atoms with Gasteiger partial charge in [0, 0.05) is 12.1 Å². The Labute approximate surface area is 153 Å². The van der Waals surface area contributed by atoms with Gasteiger partial charge >= 0.3 is 0 Å². The van der Waals surface area contributed by atoms with Crippen LogP contribution < -0.4 is 9.47 Å². The molecule has 0 aliphatic heterocycles. The van der Waals surface area contributed by atoms with Gasteiger partial charge in [-0.3, -0.25) is 4.90 Å². The van der Waals surface area contributed by atoms with E-state index < -0.39 is 0 Å². The summed E-state index contributed by atoms with van der Waals surface area (Å²) >= 11 is 0. The Bertz CT molecular complexity index is 833. The average Bonchev–Trinajstić information content (AvgIpc) is 3.12. The topological polar surface area (TPSA) is 60.6 Å². The van der Waals surface area contributed by atoms with Crippen LogP contribution in [0.2, 0.25) is 0 Å². The van der Waals surface area contributed by atoms with Crippen molar-refractivity contribution in [3.8, 4) is 22.9 Å². The fourth-order valence-corrected chi connectivity index (χ4v) is 2.71. The number of nitrogens with zero attached hydrogens (tertiary/aromatic N) is 3. The molecule has 0 spiro atoms. The minimum atomic E-state index is 0.565. The highest BCUT2D eigenvalue weighted by Crippen LogP contribution is 2.28. The first-order valence-corrected chi connectivity index (χ1v) is 8.56. The van der Waals surface area contributed by atoms with Crippen molar-refractivity contribution >= 4 is 0 Å². The normalized spacial score (nSPS) is 10.9. The summed E-state index contributed by atoms with van der Waals surface area (Å²) in [7, 11) is 3.66. The second-order valence-electron chi connectivity index (χ2n) is 5.97. The first-order chi connectivity index (χ1) is 12.7. The summed E-state index contributed by atoms with van der Waals surface area (Å²) in [6.45, 7) is 3.85. The van der Waals surface area contributed by atoms with Gasteiger partial charge in [-0.15, -0.1) is 0 Å². The Kier molecular flexibility index (Phi) is 5.86. The molecule has 0 fully saturated rings. The molecule has 0 N–H and O–H groups in total. The maximum atomic E-state index is 5.56. The molecular weight excluding hydrogens is 330 g/mol. The monoisotopic (exact) mass is 353 g/mol. The minimum absolute atomic E-state index is 0.565. The van der Waals surface area contributed by atoms with Crippen molar-refractivity contribution in [1.82, 2.24) is 15.0 Å². The van der Waals surface area contributed by atoms with Crippen LogP contribution in [0.4, 0.5) is 0 Å². The van der Waals surface area contributed by atoms with Crippen LogP contribution in [0.15, 0.2) is 53.1 Å². The van der Waals surface area contributed by atoms with Crippen LogP contribution in [0.1, 0.15) is 18.4 Å². The summed E-state index contributed by atoms with van der Waals surface area (Å²) in [4.78, 5) is 6.58. The first-order valence-electron chi connectivity index (χ1n) is 8.56. The Balaban J connectivity index is 1.64. The molecule has 1 heterocycles. The molecule has 0 aliphatic rings. The number of rotatable bonds is 8. The van der Waals surface area contributed by atoms with Crippen molar-refractivity contribution < 1.29 is 14.0 Å². The summed E-state index contributed by atoms with van der Waals surface area (Å²) in [5.74, 6) is 2.69. The summed E-state index contributed by atoms with van der Waals surface area (Å²) in [5.41, 5.74) is 2.07. The lowest BCUT2D eigenvalue weighted by molar-refractivity contribution is 0.260. The second kappa shape index (κ2) is 8.49. The lowest BCUT2D eigenvalue weighted by Crippen LogP contribution is -2.17. The van der Waals surface area contributed by atoms with Crippen LogP contribution >= 0.6 is 0 Å². The van der Waals surface area contributed by atoms with Gasteiger partial charge in [0.05, 0.1) is 20.3 Å². The van der Waals surface area contributed by atoms with Crippen LogP contribution in [0.5, 0.6) is 11.5 Å². The smallest absolute Gasteiger partial charge is 0.241 e. The van der Waals surface area contributed by atoms with E-state index in [9.17, 15) is 0 Å². The lowest BCUT2D eigenvalue weighted by atomic mass is 10.2. The van der Waals surface area contributed by atoms with E-state index in [4.69, 9.17) is 14.0 Å². The minimum Gasteiger partial charge on any atom is -0.493 e. The highest BCUT2D eigenvalue weighted by atomic mass is 16.5. The van der Waals surface area contributed by atoms with E-state index in [1.165, 1.54) is 0 Å². The molecule has 0 aliphatic carbocycles. The molecule has 2 aromatic carbocycles. The number of hydrogen-bond acceptors (Lipinski definition) is 6. The van der Waals surface area contributed by atoms with Gasteiger partial charge in [0.1, 0.15) is 0 Å². The largest absolute Gasteiger partial charge is 0.493 e. The molecule has 1 aromatic heterocycles. The summed E-state index contributed by atoms with van der Waals surface area (Å²) < 4.78 is 16.3.